The fourth-order valence-electron chi connectivity index (χ4n) is 7.26. The first kappa shape index (κ1) is 38.2. The summed E-state index contributed by atoms with van der Waals surface area (Å²) in [5.74, 6) is -1.77. The van der Waals surface area contributed by atoms with Crippen LogP contribution in [0.1, 0.15) is 74.5 Å². The van der Waals surface area contributed by atoms with Crippen molar-refractivity contribution in [2.45, 2.75) is 70.4 Å². The molecule has 278 valence electrons. The number of fused-ring (bicyclic) bond motifs is 3. The van der Waals surface area contributed by atoms with Gasteiger partial charge in [-0.3, -0.25) is 9.59 Å². The monoisotopic (exact) mass is 835 g/mol. The second kappa shape index (κ2) is 17.5. The number of hydrogen-bond acceptors (Lipinski definition) is 5. The highest BCUT2D eigenvalue weighted by atomic mass is 127. The summed E-state index contributed by atoms with van der Waals surface area (Å²) in [6.45, 7) is 3.75. The quantitative estimate of drug-likeness (QED) is 0.131. The van der Waals surface area contributed by atoms with Gasteiger partial charge in [0.15, 0.2) is 0 Å². The molecule has 1 atom stereocenters. The molecule has 4 aromatic rings. The van der Waals surface area contributed by atoms with Crippen LogP contribution in [0, 0.1) is 15.2 Å². The Morgan fingerprint density at radius 1 is 0.906 bits per heavy atom. The number of nitrogens with zero attached hydrogens (tertiary/aromatic N) is 2. The Balaban J connectivity index is 1.13. The van der Waals surface area contributed by atoms with Gasteiger partial charge in [-0.2, -0.15) is 0 Å². The fraction of sp³-hybridized carbons (Fsp3) is 0.357. The van der Waals surface area contributed by atoms with Gasteiger partial charge in [0.2, 0.25) is 11.8 Å². The Morgan fingerprint density at radius 3 is 2.21 bits per heavy atom. The van der Waals surface area contributed by atoms with Gasteiger partial charge in [-0.15, -0.1) is 0 Å². The number of hydrogen-bond donors (Lipinski definition) is 2. The first-order valence-corrected chi connectivity index (χ1v) is 19.3. The zero-order chi connectivity index (χ0) is 37.5. The van der Waals surface area contributed by atoms with E-state index in [1.807, 2.05) is 70.8 Å². The number of halogens is 3. The van der Waals surface area contributed by atoms with Gasteiger partial charge in [0.1, 0.15) is 24.0 Å². The van der Waals surface area contributed by atoms with Crippen molar-refractivity contribution in [1.29, 1.82) is 0 Å². The molecule has 0 radical (unpaired) electrons. The van der Waals surface area contributed by atoms with Crippen LogP contribution in [0.5, 0.6) is 5.75 Å². The van der Waals surface area contributed by atoms with E-state index in [0.717, 1.165) is 60.7 Å². The molecule has 0 aromatic heterocycles. The molecule has 0 saturated carbocycles. The number of carbonyl (C=O) groups is 3. The number of benzene rings is 4. The van der Waals surface area contributed by atoms with E-state index in [0.29, 0.717) is 34.0 Å². The second-order valence-electron chi connectivity index (χ2n) is 13.9. The molecular weight excluding hydrogens is 791 g/mol. The van der Waals surface area contributed by atoms with Crippen LogP contribution in [0.25, 0.3) is 22.3 Å². The summed E-state index contributed by atoms with van der Waals surface area (Å²) in [5, 5.41) is 14.3. The summed E-state index contributed by atoms with van der Waals surface area (Å²) in [7, 11) is 0. The summed E-state index contributed by atoms with van der Waals surface area (Å²) >= 11 is 1.94. The van der Waals surface area contributed by atoms with E-state index >= 15 is 0 Å². The molecule has 8 nitrogen and oxygen atoms in total. The first-order valence-electron chi connectivity index (χ1n) is 18.2. The molecule has 1 fully saturated rings. The van der Waals surface area contributed by atoms with Crippen molar-refractivity contribution < 1.29 is 33.0 Å². The van der Waals surface area contributed by atoms with Crippen LogP contribution in [0.3, 0.4) is 0 Å². The average Bonchev–Trinajstić information content (AvgIpc) is 3.47. The summed E-state index contributed by atoms with van der Waals surface area (Å²) in [5.41, 5.74) is 5.55. The van der Waals surface area contributed by atoms with E-state index in [1.165, 1.54) is 17.0 Å². The van der Waals surface area contributed by atoms with Crippen molar-refractivity contribution in [2.24, 2.45) is 0 Å². The summed E-state index contributed by atoms with van der Waals surface area (Å²) in [6, 6.07) is 22.4. The Hall–Kier alpha value is -4.52. The van der Waals surface area contributed by atoms with Gasteiger partial charge in [0.05, 0.1) is 10.1 Å². The number of carbonyl (C=O) groups excluding carboxylic acids is 3. The standard InChI is InChI=1S/C42H44F2IN3O5/c1-27(46-38(49)14-9-15-39(50)47-19-7-2-8-20-47)18-21-48(25-28-16-17-32(40(45)41(28)51)29-22-30(43)24-31(44)23-29)42(52)53-26-37-35-12-5-3-10-33(35)34-11-4-6-13-36(34)37/h3-6,10-13,16-17,22-24,27,37,51H,2,7-9,14-15,18-21,25-26H2,1H3,(H,46,49)/t27-/m0/s1. The molecular formula is C42H44F2IN3O5. The van der Waals surface area contributed by atoms with Crippen LogP contribution in [-0.4, -0.2) is 65.1 Å². The maximum atomic E-state index is 14.0. The molecule has 1 aliphatic carbocycles. The Bertz CT molecular complexity index is 1900. The highest BCUT2D eigenvalue weighted by Gasteiger charge is 2.30. The fourth-order valence-corrected chi connectivity index (χ4v) is 8.10. The van der Waals surface area contributed by atoms with Crippen molar-refractivity contribution >= 4 is 40.5 Å². The number of phenols is 1. The van der Waals surface area contributed by atoms with Gasteiger partial charge in [-0.1, -0.05) is 60.7 Å². The zero-order valence-corrected chi connectivity index (χ0v) is 31.9. The van der Waals surface area contributed by atoms with Gasteiger partial charge < -0.3 is 25.0 Å². The lowest BCUT2D eigenvalue weighted by Gasteiger charge is -2.27. The van der Waals surface area contributed by atoms with E-state index in [-0.39, 0.29) is 61.2 Å². The van der Waals surface area contributed by atoms with Crippen LogP contribution in [0.15, 0.2) is 78.9 Å². The zero-order valence-electron chi connectivity index (χ0n) is 29.8. The topological polar surface area (TPSA) is 99.2 Å². The van der Waals surface area contributed by atoms with Crippen molar-refractivity contribution in [3.8, 4) is 28.0 Å². The number of piperidine rings is 1. The first-order chi connectivity index (χ1) is 25.6. The van der Waals surface area contributed by atoms with E-state index in [4.69, 9.17) is 4.74 Å². The summed E-state index contributed by atoms with van der Waals surface area (Å²) in [6.07, 6.45) is 4.06. The maximum Gasteiger partial charge on any atom is 0.410 e. The summed E-state index contributed by atoms with van der Waals surface area (Å²) in [4.78, 5) is 42.5. The van der Waals surface area contributed by atoms with Crippen LogP contribution in [0.4, 0.5) is 13.6 Å². The minimum atomic E-state index is -0.729. The molecule has 1 saturated heterocycles. The van der Waals surface area contributed by atoms with Gasteiger partial charge >= 0.3 is 6.09 Å². The van der Waals surface area contributed by atoms with Crippen LogP contribution >= 0.6 is 22.6 Å². The molecule has 11 heteroatoms. The van der Waals surface area contributed by atoms with E-state index in [9.17, 15) is 28.3 Å². The Kier molecular flexibility index (Phi) is 12.6. The number of phenolic OH excluding ortho intramolecular Hbond substituents is 1. The van der Waals surface area contributed by atoms with Gasteiger partial charge in [0.25, 0.3) is 0 Å². The predicted octanol–water partition coefficient (Wildman–Crippen LogP) is 8.77. The van der Waals surface area contributed by atoms with Gasteiger partial charge in [-0.05, 0) is 107 Å². The van der Waals surface area contributed by atoms with E-state index in [2.05, 4.69) is 17.4 Å². The number of amides is 3. The van der Waals surface area contributed by atoms with E-state index in [1.54, 1.807) is 12.1 Å². The summed E-state index contributed by atoms with van der Waals surface area (Å²) < 4.78 is 34.4. The van der Waals surface area contributed by atoms with Crippen LogP contribution in [-0.2, 0) is 20.9 Å². The Morgan fingerprint density at radius 2 is 1.55 bits per heavy atom. The molecule has 3 amide bonds. The molecule has 2 N–H and O–H groups in total. The number of nitrogens with one attached hydrogen (secondary N) is 1. The number of aromatic hydroxyl groups is 1. The molecule has 53 heavy (non-hydrogen) atoms. The van der Waals surface area contributed by atoms with Crippen molar-refractivity contribution in [3.05, 3.63) is 111 Å². The molecule has 1 aliphatic heterocycles. The largest absolute Gasteiger partial charge is 0.506 e. The number of rotatable bonds is 13. The number of likely N-dealkylation sites (tertiary alicyclic amines) is 1. The lowest BCUT2D eigenvalue weighted by Crippen LogP contribution is -2.39. The lowest BCUT2D eigenvalue weighted by molar-refractivity contribution is -0.132. The predicted molar refractivity (Wildman–Crippen MR) is 208 cm³/mol. The molecule has 0 unspecified atom stereocenters. The lowest BCUT2D eigenvalue weighted by atomic mass is 9.98. The molecule has 0 bridgehead atoms. The van der Waals surface area contributed by atoms with Crippen LogP contribution < -0.4 is 5.32 Å². The second-order valence-corrected chi connectivity index (χ2v) is 14.9. The normalized spacial score (nSPS) is 14.3. The SMILES string of the molecule is C[C@@H](CCN(Cc1ccc(-c2cc(F)cc(F)c2)c(I)c1O)C(=O)OCC1c2ccccc2-c2ccccc21)NC(=O)CCCC(=O)N1CCCCC1. The molecule has 0 spiro atoms. The van der Waals surface area contributed by atoms with E-state index < -0.39 is 17.7 Å². The molecule has 2 aliphatic rings. The molecule has 1 heterocycles. The van der Waals surface area contributed by atoms with Gasteiger partial charge in [-0.25, -0.2) is 13.6 Å². The van der Waals surface area contributed by atoms with Gasteiger partial charge in [0, 0.05) is 56.1 Å². The highest BCUT2D eigenvalue weighted by molar-refractivity contribution is 14.1. The minimum Gasteiger partial charge on any atom is -0.506 e. The third kappa shape index (κ3) is 9.35. The van der Waals surface area contributed by atoms with Crippen molar-refractivity contribution in [3.63, 3.8) is 0 Å². The molecule has 6 rings (SSSR count). The minimum absolute atomic E-state index is 0.00439. The Labute approximate surface area is 322 Å². The van der Waals surface area contributed by atoms with Crippen LogP contribution in [0.2, 0.25) is 0 Å². The smallest absolute Gasteiger partial charge is 0.410 e. The third-order valence-electron chi connectivity index (χ3n) is 10.1. The highest BCUT2D eigenvalue weighted by Crippen LogP contribution is 2.44. The average molecular weight is 836 g/mol. The molecule has 4 aromatic carbocycles. The number of ether oxygens (including phenoxy) is 1. The maximum absolute atomic E-state index is 14.0. The third-order valence-corrected chi connectivity index (χ3v) is 11.2. The van der Waals surface area contributed by atoms with Crippen molar-refractivity contribution in [1.82, 2.24) is 15.1 Å². The van der Waals surface area contributed by atoms with Crippen molar-refractivity contribution in [2.75, 3.05) is 26.2 Å².